The zero-order chi connectivity index (χ0) is 18.4. The molecule has 0 heterocycles. The van der Waals surface area contributed by atoms with E-state index in [9.17, 15) is 4.79 Å². The summed E-state index contributed by atoms with van der Waals surface area (Å²) in [6, 6.07) is 21.3. The summed E-state index contributed by atoms with van der Waals surface area (Å²) in [4.78, 5) is 12.2. The highest BCUT2D eigenvalue weighted by Crippen LogP contribution is 2.30. The van der Waals surface area contributed by atoms with Gasteiger partial charge in [0.1, 0.15) is 11.5 Å². The molecule has 6 heteroatoms. The number of carbonyl (C=O) groups is 1. The molecule has 0 bridgehead atoms. The topological polar surface area (TPSA) is 47.6 Å². The van der Waals surface area contributed by atoms with Gasteiger partial charge in [-0.05, 0) is 42.5 Å². The van der Waals surface area contributed by atoms with E-state index in [-0.39, 0.29) is 12.5 Å². The molecule has 0 aliphatic rings. The predicted octanol–water partition coefficient (Wildman–Crippen LogP) is 5.80. The Morgan fingerprint density at radius 3 is 2.38 bits per heavy atom. The van der Waals surface area contributed by atoms with Crippen molar-refractivity contribution in [3.05, 3.63) is 82.8 Å². The first-order chi connectivity index (χ1) is 12.6. The molecule has 4 nitrogen and oxygen atoms in total. The van der Waals surface area contributed by atoms with Crippen LogP contribution in [0.2, 0.25) is 10.0 Å². The number of anilines is 1. The fraction of sp³-hybridized carbons (Fsp3) is 0.0500. The van der Waals surface area contributed by atoms with Crippen molar-refractivity contribution in [3.63, 3.8) is 0 Å². The Morgan fingerprint density at radius 2 is 1.62 bits per heavy atom. The number of hydrogen-bond acceptors (Lipinski definition) is 3. The van der Waals surface area contributed by atoms with Crippen LogP contribution in [0, 0.1) is 0 Å². The standard InChI is InChI=1S/C20H15Cl2NO3/c21-14-10-11-18(16(22)12-14)25-13-20(24)23-17-8-4-5-9-19(17)26-15-6-2-1-3-7-15/h1-12H,13H2,(H,23,24). The van der Waals surface area contributed by atoms with Gasteiger partial charge in [-0.2, -0.15) is 0 Å². The van der Waals surface area contributed by atoms with Crippen LogP contribution in [0.15, 0.2) is 72.8 Å². The Bertz CT molecular complexity index is 901. The number of rotatable bonds is 6. The van der Waals surface area contributed by atoms with Gasteiger partial charge < -0.3 is 14.8 Å². The van der Waals surface area contributed by atoms with Gasteiger partial charge in [-0.3, -0.25) is 4.79 Å². The van der Waals surface area contributed by atoms with Gasteiger partial charge in [0, 0.05) is 5.02 Å². The van der Waals surface area contributed by atoms with Gasteiger partial charge in [0.05, 0.1) is 10.7 Å². The molecule has 0 unspecified atom stereocenters. The number of ether oxygens (including phenoxy) is 2. The second kappa shape index (κ2) is 8.61. The molecule has 3 aromatic carbocycles. The molecule has 0 spiro atoms. The molecule has 1 N–H and O–H groups in total. The normalized spacial score (nSPS) is 10.2. The highest BCUT2D eigenvalue weighted by molar-refractivity contribution is 6.35. The SMILES string of the molecule is O=C(COc1ccc(Cl)cc1Cl)Nc1ccccc1Oc1ccccc1. The summed E-state index contributed by atoms with van der Waals surface area (Å²) in [5.74, 6) is 1.27. The van der Waals surface area contributed by atoms with E-state index in [2.05, 4.69) is 5.32 Å². The lowest BCUT2D eigenvalue weighted by Gasteiger charge is -2.13. The molecule has 0 saturated carbocycles. The molecule has 0 radical (unpaired) electrons. The van der Waals surface area contributed by atoms with Gasteiger partial charge >= 0.3 is 0 Å². The first kappa shape index (κ1) is 18.1. The smallest absolute Gasteiger partial charge is 0.262 e. The Morgan fingerprint density at radius 1 is 0.885 bits per heavy atom. The highest BCUT2D eigenvalue weighted by atomic mass is 35.5. The van der Waals surface area contributed by atoms with Crippen molar-refractivity contribution in [1.29, 1.82) is 0 Å². The van der Waals surface area contributed by atoms with E-state index in [0.29, 0.717) is 33.0 Å². The lowest BCUT2D eigenvalue weighted by atomic mass is 10.3. The second-order valence-electron chi connectivity index (χ2n) is 5.32. The summed E-state index contributed by atoms with van der Waals surface area (Å²) >= 11 is 11.9. The number of carbonyl (C=O) groups excluding carboxylic acids is 1. The van der Waals surface area contributed by atoms with E-state index in [1.54, 1.807) is 30.3 Å². The molecular weight excluding hydrogens is 373 g/mol. The fourth-order valence-electron chi connectivity index (χ4n) is 2.20. The van der Waals surface area contributed by atoms with Gasteiger partial charge in [-0.25, -0.2) is 0 Å². The summed E-state index contributed by atoms with van der Waals surface area (Å²) in [5, 5.41) is 3.62. The number of hydrogen-bond donors (Lipinski definition) is 1. The Labute approximate surface area is 161 Å². The highest BCUT2D eigenvalue weighted by Gasteiger charge is 2.10. The number of para-hydroxylation sites is 3. The summed E-state index contributed by atoms with van der Waals surface area (Å²) in [5.41, 5.74) is 0.548. The maximum atomic E-state index is 12.2. The first-order valence-corrected chi connectivity index (χ1v) is 8.57. The third-order valence-corrected chi connectivity index (χ3v) is 3.92. The Hall–Kier alpha value is -2.69. The third-order valence-electron chi connectivity index (χ3n) is 3.38. The monoisotopic (exact) mass is 387 g/mol. The quantitative estimate of drug-likeness (QED) is 0.580. The van der Waals surface area contributed by atoms with Gasteiger partial charge in [0.15, 0.2) is 12.4 Å². The summed E-state index contributed by atoms with van der Waals surface area (Å²) in [6.07, 6.45) is 0. The van der Waals surface area contributed by atoms with Gasteiger partial charge in [0.2, 0.25) is 0 Å². The molecule has 0 atom stereocenters. The lowest BCUT2D eigenvalue weighted by Crippen LogP contribution is -2.20. The fourth-order valence-corrected chi connectivity index (χ4v) is 2.66. The summed E-state index contributed by atoms with van der Waals surface area (Å²) in [7, 11) is 0. The van der Waals surface area contributed by atoms with E-state index >= 15 is 0 Å². The minimum absolute atomic E-state index is 0.193. The van der Waals surface area contributed by atoms with Crippen LogP contribution in [-0.2, 0) is 4.79 Å². The van der Waals surface area contributed by atoms with Crippen LogP contribution in [0.4, 0.5) is 5.69 Å². The second-order valence-corrected chi connectivity index (χ2v) is 6.17. The van der Waals surface area contributed by atoms with E-state index < -0.39 is 0 Å². The van der Waals surface area contributed by atoms with Crippen LogP contribution < -0.4 is 14.8 Å². The molecule has 1 amide bonds. The number of benzene rings is 3. The number of nitrogens with one attached hydrogen (secondary N) is 1. The molecule has 3 aromatic rings. The van der Waals surface area contributed by atoms with Crippen molar-refractivity contribution in [1.82, 2.24) is 0 Å². The molecule has 132 valence electrons. The van der Waals surface area contributed by atoms with Gasteiger partial charge in [0.25, 0.3) is 5.91 Å². The lowest BCUT2D eigenvalue weighted by molar-refractivity contribution is -0.118. The molecule has 26 heavy (non-hydrogen) atoms. The predicted molar refractivity (Wildman–Crippen MR) is 104 cm³/mol. The zero-order valence-electron chi connectivity index (χ0n) is 13.6. The van der Waals surface area contributed by atoms with E-state index in [1.807, 2.05) is 42.5 Å². The summed E-state index contributed by atoms with van der Waals surface area (Å²) in [6.45, 7) is -0.193. The van der Waals surface area contributed by atoms with Crippen molar-refractivity contribution in [2.75, 3.05) is 11.9 Å². The Kier molecular flexibility index (Phi) is 6.00. The van der Waals surface area contributed by atoms with Crippen molar-refractivity contribution >= 4 is 34.8 Å². The van der Waals surface area contributed by atoms with Crippen LogP contribution in [0.1, 0.15) is 0 Å². The minimum Gasteiger partial charge on any atom is -0.482 e. The maximum absolute atomic E-state index is 12.2. The largest absolute Gasteiger partial charge is 0.482 e. The van der Waals surface area contributed by atoms with Crippen molar-refractivity contribution in [2.45, 2.75) is 0 Å². The third kappa shape index (κ3) is 4.91. The van der Waals surface area contributed by atoms with Crippen molar-refractivity contribution in [2.24, 2.45) is 0 Å². The first-order valence-electron chi connectivity index (χ1n) is 7.81. The molecule has 0 aliphatic heterocycles. The molecule has 3 rings (SSSR count). The van der Waals surface area contributed by atoms with Crippen LogP contribution in [0.25, 0.3) is 0 Å². The van der Waals surface area contributed by atoms with Gasteiger partial charge in [-0.1, -0.05) is 53.5 Å². The van der Waals surface area contributed by atoms with Crippen LogP contribution in [0.3, 0.4) is 0 Å². The van der Waals surface area contributed by atoms with Crippen molar-refractivity contribution < 1.29 is 14.3 Å². The number of amides is 1. The molecule has 0 fully saturated rings. The zero-order valence-corrected chi connectivity index (χ0v) is 15.1. The van der Waals surface area contributed by atoms with E-state index in [4.69, 9.17) is 32.7 Å². The summed E-state index contributed by atoms with van der Waals surface area (Å²) < 4.78 is 11.3. The average Bonchev–Trinajstić information content (AvgIpc) is 2.63. The van der Waals surface area contributed by atoms with Crippen LogP contribution >= 0.6 is 23.2 Å². The van der Waals surface area contributed by atoms with Crippen LogP contribution in [-0.4, -0.2) is 12.5 Å². The Balaban J connectivity index is 1.64. The molecular formula is C20H15Cl2NO3. The van der Waals surface area contributed by atoms with Crippen LogP contribution in [0.5, 0.6) is 17.2 Å². The molecule has 0 aliphatic carbocycles. The van der Waals surface area contributed by atoms with E-state index in [1.165, 1.54) is 0 Å². The average molecular weight is 388 g/mol. The van der Waals surface area contributed by atoms with Gasteiger partial charge in [-0.15, -0.1) is 0 Å². The van der Waals surface area contributed by atoms with E-state index in [0.717, 1.165) is 0 Å². The number of halogens is 2. The molecule has 0 saturated heterocycles. The maximum Gasteiger partial charge on any atom is 0.262 e. The molecule has 0 aromatic heterocycles. The van der Waals surface area contributed by atoms with Crippen molar-refractivity contribution in [3.8, 4) is 17.2 Å². The minimum atomic E-state index is -0.333.